The highest BCUT2D eigenvalue weighted by Crippen LogP contribution is 2.32. The lowest BCUT2D eigenvalue weighted by atomic mass is 10.1. The van der Waals surface area contributed by atoms with Crippen molar-refractivity contribution < 1.29 is 23.4 Å². The van der Waals surface area contributed by atoms with Crippen molar-refractivity contribution in [3.63, 3.8) is 0 Å². The molecule has 0 saturated carbocycles. The molecule has 3 aromatic rings. The lowest BCUT2D eigenvalue weighted by Gasteiger charge is -2.16. The first-order valence-electron chi connectivity index (χ1n) is 8.58. The zero-order chi connectivity index (χ0) is 19.4. The molecular weight excluding hydrogens is 348 g/mol. The van der Waals surface area contributed by atoms with Gasteiger partial charge in [-0.05, 0) is 50.2 Å². The van der Waals surface area contributed by atoms with E-state index in [0.29, 0.717) is 22.3 Å². The second kappa shape index (κ2) is 7.95. The molecule has 140 valence electrons. The van der Waals surface area contributed by atoms with Gasteiger partial charge in [0.25, 0.3) is 0 Å². The van der Waals surface area contributed by atoms with E-state index in [0.717, 1.165) is 0 Å². The number of carbonyl (C=O) groups excluding carboxylic acids is 1. The summed E-state index contributed by atoms with van der Waals surface area (Å²) in [6.45, 7) is 3.46. The van der Waals surface area contributed by atoms with E-state index in [4.69, 9.17) is 18.6 Å². The van der Waals surface area contributed by atoms with Gasteiger partial charge in [0.05, 0.1) is 19.1 Å². The lowest BCUT2D eigenvalue weighted by molar-refractivity contribution is -0.150. The summed E-state index contributed by atoms with van der Waals surface area (Å²) >= 11 is 0. The molecule has 6 nitrogen and oxygen atoms in total. The van der Waals surface area contributed by atoms with Crippen molar-refractivity contribution in [1.82, 2.24) is 0 Å². The van der Waals surface area contributed by atoms with Crippen LogP contribution in [0.15, 0.2) is 57.7 Å². The Hall–Kier alpha value is -3.28. The first-order chi connectivity index (χ1) is 13.0. The zero-order valence-corrected chi connectivity index (χ0v) is 15.4. The molecule has 1 unspecified atom stereocenters. The van der Waals surface area contributed by atoms with Crippen LogP contribution in [0.3, 0.4) is 0 Å². The van der Waals surface area contributed by atoms with Gasteiger partial charge in [0.2, 0.25) is 11.2 Å². The van der Waals surface area contributed by atoms with Crippen LogP contribution in [0.1, 0.15) is 13.8 Å². The van der Waals surface area contributed by atoms with Gasteiger partial charge in [-0.15, -0.1) is 0 Å². The number of para-hydroxylation sites is 1. The topological polar surface area (TPSA) is 75.0 Å². The maximum Gasteiger partial charge on any atom is 0.347 e. The summed E-state index contributed by atoms with van der Waals surface area (Å²) in [7, 11) is 1.57. The van der Waals surface area contributed by atoms with Gasteiger partial charge in [-0.25, -0.2) is 4.79 Å². The summed E-state index contributed by atoms with van der Waals surface area (Å²) in [5.41, 5.74) is 0.716. The number of fused-ring (bicyclic) bond motifs is 1. The fourth-order valence-corrected chi connectivity index (χ4v) is 2.65. The van der Waals surface area contributed by atoms with Gasteiger partial charge < -0.3 is 18.6 Å². The van der Waals surface area contributed by atoms with Gasteiger partial charge in [0, 0.05) is 5.56 Å². The van der Waals surface area contributed by atoms with E-state index in [1.165, 1.54) is 6.92 Å². The van der Waals surface area contributed by atoms with Crippen molar-refractivity contribution in [2.45, 2.75) is 20.0 Å². The third-order valence-electron chi connectivity index (χ3n) is 4.02. The van der Waals surface area contributed by atoms with Crippen LogP contribution in [0.2, 0.25) is 0 Å². The van der Waals surface area contributed by atoms with Gasteiger partial charge in [-0.2, -0.15) is 0 Å². The predicted molar refractivity (Wildman–Crippen MR) is 101 cm³/mol. The van der Waals surface area contributed by atoms with E-state index in [1.54, 1.807) is 62.6 Å². The van der Waals surface area contributed by atoms with E-state index < -0.39 is 12.1 Å². The molecule has 0 aliphatic rings. The Kier molecular flexibility index (Phi) is 5.45. The fourth-order valence-electron chi connectivity index (χ4n) is 2.65. The Morgan fingerprint density at radius 3 is 2.48 bits per heavy atom. The molecule has 0 aliphatic heterocycles. The van der Waals surface area contributed by atoms with Gasteiger partial charge in [0.15, 0.2) is 11.9 Å². The van der Waals surface area contributed by atoms with E-state index >= 15 is 0 Å². The summed E-state index contributed by atoms with van der Waals surface area (Å²) in [6.07, 6.45) is -0.953. The maximum atomic E-state index is 13.0. The Balaban J connectivity index is 2.14. The van der Waals surface area contributed by atoms with Gasteiger partial charge >= 0.3 is 5.97 Å². The van der Waals surface area contributed by atoms with Crippen molar-refractivity contribution in [2.75, 3.05) is 13.7 Å². The molecule has 0 saturated heterocycles. The number of methoxy groups -OCH3 is 1. The molecule has 0 aliphatic carbocycles. The van der Waals surface area contributed by atoms with Crippen LogP contribution in [0.5, 0.6) is 11.5 Å². The zero-order valence-electron chi connectivity index (χ0n) is 15.4. The van der Waals surface area contributed by atoms with Gasteiger partial charge in [0.1, 0.15) is 11.3 Å². The van der Waals surface area contributed by atoms with Crippen LogP contribution in [0, 0.1) is 0 Å². The number of ether oxygens (including phenoxy) is 3. The normalized spacial score (nSPS) is 11.8. The molecular formula is C21H20O6. The summed E-state index contributed by atoms with van der Waals surface area (Å²) < 4.78 is 21.8. The Labute approximate surface area is 156 Å². The lowest BCUT2D eigenvalue weighted by Crippen LogP contribution is -2.28. The molecule has 0 spiro atoms. The Bertz CT molecular complexity index is 1000. The van der Waals surface area contributed by atoms with Crippen LogP contribution in [0.4, 0.5) is 0 Å². The summed E-state index contributed by atoms with van der Waals surface area (Å²) in [5.74, 6) is 0.340. The Morgan fingerprint density at radius 1 is 1.11 bits per heavy atom. The van der Waals surface area contributed by atoms with Crippen LogP contribution in [-0.2, 0) is 9.53 Å². The minimum absolute atomic E-state index is 0.0283. The van der Waals surface area contributed by atoms with E-state index in [-0.39, 0.29) is 23.5 Å². The largest absolute Gasteiger partial charge is 0.497 e. The van der Waals surface area contributed by atoms with E-state index in [9.17, 15) is 9.59 Å². The maximum absolute atomic E-state index is 13.0. The third kappa shape index (κ3) is 3.79. The number of hydrogen-bond acceptors (Lipinski definition) is 6. The average molecular weight is 368 g/mol. The standard InChI is InChI=1S/C21H20O6/c1-4-25-21(23)13(2)26-20-18(22)16-7-5-6-8-17(16)27-19(20)14-9-11-15(24-3)12-10-14/h5-13H,4H2,1-3H3. The van der Waals surface area contributed by atoms with Gasteiger partial charge in [-0.3, -0.25) is 4.79 Å². The molecule has 0 fully saturated rings. The molecule has 1 heterocycles. The minimum Gasteiger partial charge on any atom is -0.497 e. The number of benzene rings is 2. The molecule has 0 bridgehead atoms. The monoisotopic (exact) mass is 368 g/mol. The molecule has 27 heavy (non-hydrogen) atoms. The first-order valence-corrected chi connectivity index (χ1v) is 8.58. The molecule has 0 amide bonds. The smallest absolute Gasteiger partial charge is 0.347 e. The van der Waals surface area contributed by atoms with Gasteiger partial charge in [-0.1, -0.05) is 12.1 Å². The van der Waals surface area contributed by atoms with Crippen LogP contribution in [-0.4, -0.2) is 25.8 Å². The quantitative estimate of drug-likeness (QED) is 0.616. The molecule has 1 atom stereocenters. The third-order valence-corrected chi connectivity index (χ3v) is 4.02. The second-order valence-electron chi connectivity index (χ2n) is 5.83. The highest BCUT2D eigenvalue weighted by atomic mass is 16.6. The highest BCUT2D eigenvalue weighted by molar-refractivity contribution is 5.82. The van der Waals surface area contributed by atoms with Crippen molar-refractivity contribution in [1.29, 1.82) is 0 Å². The molecule has 1 aromatic heterocycles. The summed E-state index contributed by atoms with van der Waals surface area (Å²) in [5, 5.41) is 0.376. The molecule has 2 aromatic carbocycles. The highest BCUT2D eigenvalue weighted by Gasteiger charge is 2.23. The first kappa shape index (κ1) is 18.5. The summed E-state index contributed by atoms with van der Waals surface area (Å²) in [4.78, 5) is 25.0. The Morgan fingerprint density at radius 2 is 1.81 bits per heavy atom. The van der Waals surface area contributed by atoms with Crippen molar-refractivity contribution in [2.24, 2.45) is 0 Å². The predicted octanol–water partition coefficient (Wildman–Crippen LogP) is 3.80. The molecule has 3 rings (SSSR count). The van der Waals surface area contributed by atoms with Crippen LogP contribution in [0.25, 0.3) is 22.3 Å². The second-order valence-corrected chi connectivity index (χ2v) is 5.83. The molecule has 6 heteroatoms. The average Bonchev–Trinajstić information content (AvgIpc) is 2.70. The SMILES string of the molecule is CCOC(=O)C(C)Oc1c(-c2ccc(OC)cc2)oc2ccccc2c1=O. The molecule has 0 N–H and O–H groups in total. The van der Waals surface area contributed by atoms with Crippen LogP contribution < -0.4 is 14.9 Å². The van der Waals surface area contributed by atoms with Crippen molar-refractivity contribution in [3.8, 4) is 22.8 Å². The van der Waals surface area contributed by atoms with E-state index in [2.05, 4.69) is 0 Å². The number of rotatable bonds is 6. The van der Waals surface area contributed by atoms with E-state index in [1.807, 2.05) is 0 Å². The minimum atomic E-state index is -0.953. The molecule has 0 radical (unpaired) electrons. The number of esters is 1. The number of hydrogen-bond donors (Lipinski definition) is 0. The van der Waals surface area contributed by atoms with Crippen molar-refractivity contribution in [3.05, 3.63) is 58.8 Å². The number of carbonyl (C=O) groups is 1. The van der Waals surface area contributed by atoms with Crippen molar-refractivity contribution >= 4 is 16.9 Å². The summed E-state index contributed by atoms with van der Waals surface area (Å²) in [6, 6.07) is 13.9. The fraction of sp³-hybridized carbons (Fsp3) is 0.238. The van der Waals surface area contributed by atoms with Crippen LogP contribution >= 0.6 is 0 Å².